The number of hydrogen-bond acceptors (Lipinski definition) is 1. The quantitative estimate of drug-likeness (QED) is 0.545. The van der Waals surface area contributed by atoms with E-state index in [-0.39, 0.29) is 0 Å². The van der Waals surface area contributed by atoms with Crippen molar-refractivity contribution in [2.45, 2.75) is 39.0 Å². The molecule has 0 saturated heterocycles. The summed E-state index contributed by atoms with van der Waals surface area (Å²) >= 11 is 0. The van der Waals surface area contributed by atoms with Gasteiger partial charge < -0.3 is 5.11 Å². The standard InChI is InChI=1S/C14H20.C6H6O/c1-3-5-6-10-14-12-8-7-11-13(14)9-4-2;7-6-4-2-1-3-5-6/h4,7-8,11-12H,2-3,5-6,9-10H2,1H3;1-5,7H. The number of allylic oxidation sites excluding steroid dienone is 1. The molecule has 0 unspecified atom stereocenters. The van der Waals surface area contributed by atoms with Crippen LogP contribution in [0.4, 0.5) is 0 Å². The molecule has 1 nitrogen and oxygen atoms in total. The SMILES string of the molecule is C=CCc1ccccc1CCCCC.Oc1ccccc1. The summed E-state index contributed by atoms with van der Waals surface area (Å²) in [5.74, 6) is 0.322. The van der Waals surface area contributed by atoms with E-state index in [4.69, 9.17) is 5.11 Å². The summed E-state index contributed by atoms with van der Waals surface area (Å²) in [5.41, 5.74) is 2.94. The topological polar surface area (TPSA) is 20.2 Å². The molecule has 0 aromatic heterocycles. The van der Waals surface area contributed by atoms with Gasteiger partial charge >= 0.3 is 0 Å². The first kappa shape index (κ1) is 17.0. The minimum absolute atomic E-state index is 0.322. The molecule has 2 aromatic carbocycles. The van der Waals surface area contributed by atoms with Gasteiger partial charge in [0.15, 0.2) is 0 Å². The molecule has 112 valence electrons. The molecule has 0 aliphatic heterocycles. The number of aryl methyl sites for hydroxylation is 1. The van der Waals surface area contributed by atoms with Gasteiger partial charge in [0.05, 0.1) is 0 Å². The largest absolute Gasteiger partial charge is 0.508 e. The lowest BCUT2D eigenvalue weighted by Crippen LogP contribution is -1.92. The second-order valence-electron chi connectivity index (χ2n) is 5.05. The van der Waals surface area contributed by atoms with Gasteiger partial charge in [-0.25, -0.2) is 0 Å². The molecule has 0 bridgehead atoms. The third kappa shape index (κ3) is 7.36. The molecule has 0 radical (unpaired) electrons. The van der Waals surface area contributed by atoms with Crippen LogP contribution in [0.3, 0.4) is 0 Å². The normalized spacial score (nSPS) is 9.57. The number of benzene rings is 2. The highest BCUT2D eigenvalue weighted by atomic mass is 16.3. The number of unbranched alkanes of at least 4 members (excludes halogenated alkanes) is 2. The average molecular weight is 282 g/mol. The smallest absolute Gasteiger partial charge is 0.115 e. The first-order valence-corrected chi connectivity index (χ1v) is 7.69. The van der Waals surface area contributed by atoms with E-state index >= 15 is 0 Å². The number of aromatic hydroxyl groups is 1. The van der Waals surface area contributed by atoms with Crippen LogP contribution in [0.15, 0.2) is 67.3 Å². The molecule has 0 fully saturated rings. The number of rotatable bonds is 6. The van der Waals surface area contributed by atoms with Crippen LogP contribution in [-0.2, 0) is 12.8 Å². The van der Waals surface area contributed by atoms with E-state index in [2.05, 4.69) is 37.8 Å². The highest BCUT2D eigenvalue weighted by molar-refractivity contribution is 5.28. The van der Waals surface area contributed by atoms with Crippen molar-refractivity contribution in [3.8, 4) is 5.75 Å². The summed E-state index contributed by atoms with van der Waals surface area (Å²) in [7, 11) is 0. The van der Waals surface area contributed by atoms with E-state index in [1.807, 2.05) is 12.1 Å². The van der Waals surface area contributed by atoms with Crippen molar-refractivity contribution in [1.29, 1.82) is 0 Å². The lowest BCUT2D eigenvalue weighted by atomic mass is 9.99. The summed E-state index contributed by atoms with van der Waals surface area (Å²) in [6, 6.07) is 17.4. The van der Waals surface area contributed by atoms with E-state index in [9.17, 15) is 0 Å². The zero-order chi connectivity index (χ0) is 15.3. The van der Waals surface area contributed by atoms with E-state index < -0.39 is 0 Å². The lowest BCUT2D eigenvalue weighted by Gasteiger charge is -2.06. The number of para-hydroxylation sites is 1. The Morgan fingerprint density at radius 3 is 2.05 bits per heavy atom. The van der Waals surface area contributed by atoms with Crippen molar-refractivity contribution in [1.82, 2.24) is 0 Å². The summed E-state index contributed by atoms with van der Waals surface area (Å²) < 4.78 is 0. The molecule has 1 N–H and O–H groups in total. The number of hydrogen-bond donors (Lipinski definition) is 1. The van der Waals surface area contributed by atoms with Gasteiger partial charge in [0.25, 0.3) is 0 Å². The molecule has 0 heterocycles. The monoisotopic (exact) mass is 282 g/mol. The molecular weight excluding hydrogens is 256 g/mol. The van der Waals surface area contributed by atoms with E-state index in [0.717, 1.165) is 6.42 Å². The Morgan fingerprint density at radius 1 is 0.905 bits per heavy atom. The molecular formula is C20H26O. The van der Waals surface area contributed by atoms with Gasteiger partial charge in [0.2, 0.25) is 0 Å². The third-order valence-electron chi connectivity index (χ3n) is 3.29. The summed E-state index contributed by atoms with van der Waals surface area (Å²) in [4.78, 5) is 0. The Balaban J connectivity index is 0.000000262. The Kier molecular flexibility index (Phi) is 8.70. The first-order valence-electron chi connectivity index (χ1n) is 7.69. The van der Waals surface area contributed by atoms with Gasteiger partial charge in [-0.05, 0) is 42.5 Å². The molecule has 2 aromatic rings. The third-order valence-corrected chi connectivity index (χ3v) is 3.29. The molecule has 0 aliphatic carbocycles. The van der Waals surface area contributed by atoms with E-state index in [0.29, 0.717) is 5.75 Å². The lowest BCUT2D eigenvalue weighted by molar-refractivity contribution is 0.475. The number of phenols is 1. The predicted octanol–water partition coefficient (Wildman–Crippen LogP) is 5.54. The van der Waals surface area contributed by atoms with Crippen molar-refractivity contribution in [3.05, 3.63) is 78.4 Å². The zero-order valence-electron chi connectivity index (χ0n) is 13.0. The highest BCUT2D eigenvalue weighted by Gasteiger charge is 1.98. The second kappa shape index (κ2) is 10.7. The fourth-order valence-corrected chi connectivity index (χ4v) is 2.15. The molecule has 0 spiro atoms. The van der Waals surface area contributed by atoms with Crippen LogP contribution in [0.2, 0.25) is 0 Å². The predicted molar refractivity (Wildman–Crippen MR) is 91.7 cm³/mol. The van der Waals surface area contributed by atoms with Crippen LogP contribution in [0.5, 0.6) is 5.75 Å². The maximum absolute atomic E-state index is 8.63. The van der Waals surface area contributed by atoms with Crippen LogP contribution < -0.4 is 0 Å². The Morgan fingerprint density at radius 2 is 1.52 bits per heavy atom. The summed E-state index contributed by atoms with van der Waals surface area (Å²) in [6.07, 6.45) is 8.15. The molecule has 1 heteroatoms. The van der Waals surface area contributed by atoms with E-state index in [1.54, 1.807) is 24.3 Å². The minimum Gasteiger partial charge on any atom is -0.508 e. The Hall–Kier alpha value is -2.02. The van der Waals surface area contributed by atoms with Gasteiger partial charge in [-0.15, -0.1) is 6.58 Å². The van der Waals surface area contributed by atoms with Crippen molar-refractivity contribution < 1.29 is 5.11 Å². The maximum Gasteiger partial charge on any atom is 0.115 e. The van der Waals surface area contributed by atoms with Gasteiger partial charge in [-0.1, -0.05) is 68.3 Å². The van der Waals surface area contributed by atoms with Crippen LogP contribution >= 0.6 is 0 Å². The van der Waals surface area contributed by atoms with Gasteiger partial charge in [0.1, 0.15) is 5.75 Å². The molecule has 21 heavy (non-hydrogen) atoms. The van der Waals surface area contributed by atoms with Gasteiger partial charge in [-0.3, -0.25) is 0 Å². The van der Waals surface area contributed by atoms with Crippen LogP contribution in [0.1, 0.15) is 37.3 Å². The van der Waals surface area contributed by atoms with Crippen LogP contribution in [-0.4, -0.2) is 5.11 Å². The minimum atomic E-state index is 0.322. The molecule has 0 aliphatic rings. The second-order valence-corrected chi connectivity index (χ2v) is 5.05. The van der Waals surface area contributed by atoms with Crippen molar-refractivity contribution in [2.75, 3.05) is 0 Å². The zero-order valence-corrected chi connectivity index (χ0v) is 13.0. The Bertz CT molecular complexity index is 502. The van der Waals surface area contributed by atoms with Crippen molar-refractivity contribution in [2.24, 2.45) is 0 Å². The van der Waals surface area contributed by atoms with Gasteiger partial charge in [-0.2, -0.15) is 0 Å². The van der Waals surface area contributed by atoms with Gasteiger partial charge in [0, 0.05) is 0 Å². The van der Waals surface area contributed by atoms with Crippen LogP contribution in [0.25, 0.3) is 0 Å². The Labute approximate surface area is 129 Å². The fourth-order valence-electron chi connectivity index (χ4n) is 2.15. The number of phenolic OH excluding ortho intramolecular Hbond substituents is 1. The van der Waals surface area contributed by atoms with E-state index in [1.165, 1.54) is 36.8 Å². The summed E-state index contributed by atoms with van der Waals surface area (Å²) in [5, 5.41) is 8.63. The average Bonchev–Trinajstić information content (AvgIpc) is 2.51. The maximum atomic E-state index is 8.63. The highest BCUT2D eigenvalue weighted by Crippen LogP contribution is 2.13. The molecule has 2 rings (SSSR count). The van der Waals surface area contributed by atoms with Crippen molar-refractivity contribution >= 4 is 0 Å². The van der Waals surface area contributed by atoms with Crippen LogP contribution in [0, 0.1) is 0 Å². The molecule has 0 atom stereocenters. The molecule has 0 amide bonds. The first-order chi connectivity index (χ1) is 10.3. The fraction of sp³-hybridized carbons (Fsp3) is 0.300. The summed E-state index contributed by atoms with van der Waals surface area (Å²) in [6.45, 7) is 6.04. The molecule has 0 saturated carbocycles. The van der Waals surface area contributed by atoms with Crippen molar-refractivity contribution in [3.63, 3.8) is 0 Å².